The fourth-order valence-electron chi connectivity index (χ4n) is 2.81. The molecule has 1 heterocycles. The first-order valence-corrected chi connectivity index (χ1v) is 8.56. The number of halogens is 3. The predicted molar refractivity (Wildman–Crippen MR) is 91.1 cm³/mol. The van der Waals surface area contributed by atoms with Crippen LogP contribution in [-0.2, 0) is 6.18 Å². The first-order chi connectivity index (χ1) is 12.3. The van der Waals surface area contributed by atoms with Gasteiger partial charge in [0, 0.05) is 18.5 Å². The molecule has 8 heteroatoms. The van der Waals surface area contributed by atoms with E-state index < -0.39 is 11.7 Å². The SMILES string of the molecule is CC(N)CCNC(=O)c1cnn(-c2cccc(C(F)(F)F)c2)c1C1CC1. The summed E-state index contributed by atoms with van der Waals surface area (Å²) in [5, 5.41) is 7.00. The number of nitrogens with zero attached hydrogens (tertiary/aromatic N) is 2. The van der Waals surface area contributed by atoms with E-state index in [2.05, 4.69) is 10.4 Å². The topological polar surface area (TPSA) is 72.9 Å². The number of carbonyl (C=O) groups excluding carboxylic acids is 1. The van der Waals surface area contributed by atoms with E-state index in [-0.39, 0.29) is 17.9 Å². The normalized spacial score (nSPS) is 15.7. The molecule has 3 N–H and O–H groups in total. The van der Waals surface area contributed by atoms with Crippen molar-refractivity contribution in [1.29, 1.82) is 0 Å². The van der Waals surface area contributed by atoms with Gasteiger partial charge in [-0.3, -0.25) is 4.79 Å². The van der Waals surface area contributed by atoms with Gasteiger partial charge in [0.2, 0.25) is 0 Å². The van der Waals surface area contributed by atoms with Crippen molar-refractivity contribution in [3.8, 4) is 5.69 Å². The number of aromatic nitrogens is 2. The van der Waals surface area contributed by atoms with Crippen molar-refractivity contribution < 1.29 is 18.0 Å². The third kappa shape index (κ3) is 4.07. The predicted octanol–water partition coefficient (Wildman–Crippen LogP) is 3.24. The molecule has 1 aromatic carbocycles. The molecule has 0 aliphatic heterocycles. The first kappa shape index (κ1) is 18.4. The third-order valence-corrected chi connectivity index (χ3v) is 4.32. The van der Waals surface area contributed by atoms with Crippen LogP contribution in [0.1, 0.15) is 53.7 Å². The van der Waals surface area contributed by atoms with Gasteiger partial charge in [0.1, 0.15) is 0 Å². The van der Waals surface area contributed by atoms with Gasteiger partial charge >= 0.3 is 6.18 Å². The van der Waals surface area contributed by atoms with Gasteiger partial charge in [-0.05, 0) is 44.4 Å². The molecule has 1 atom stereocenters. The minimum absolute atomic E-state index is 0.0222. The lowest BCUT2D eigenvalue weighted by molar-refractivity contribution is -0.137. The number of hydrogen-bond acceptors (Lipinski definition) is 3. The Morgan fingerprint density at radius 2 is 2.15 bits per heavy atom. The highest BCUT2D eigenvalue weighted by atomic mass is 19.4. The van der Waals surface area contributed by atoms with E-state index >= 15 is 0 Å². The van der Waals surface area contributed by atoms with Crippen LogP contribution >= 0.6 is 0 Å². The van der Waals surface area contributed by atoms with Crippen molar-refractivity contribution in [1.82, 2.24) is 15.1 Å². The van der Waals surface area contributed by atoms with E-state index in [1.54, 1.807) is 6.07 Å². The highest BCUT2D eigenvalue weighted by Crippen LogP contribution is 2.42. The van der Waals surface area contributed by atoms with Crippen LogP contribution in [0.4, 0.5) is 13.2 Å². The minimum atomic E-state index is -4.43. The van der Waals surface area contributed by atoms with Crippen LogP contribution in [0.5, 0.6) is 0 Å². The van der Waals surface area contributed by atoms with Gasteiger partial charge in [-0.25, -0.2) is 4.68 Å². The first-order valence-electron chi connectivity index (χ1n) is 8.56. The minimum Gasteiger partial charge on any atom is -0.352 e. The number of alkyl halides is 3. The molecule has 1 aromatic heterocycles. The second kappa shape index (κ2) is 7.11. The van der Waals surface area contributed by atoms with E-state index in [4.69, 9.17) is 5.73 Å². The number of hydrogen-bond donors (Lipinski definition) is 2. The van der Waals surface area contributed by atoms with E-state index in [9.17, 15) is 18.0 Å². The molecule has 1 saturated carbocycles. The van der Waals surface area contributed by atoms with Crippen LogP contribution < -0.4 is 11.1 Å². The molecule has 1 fully saturated rings. The van der Waals surface area contributed by atoms with Gasteiger partial charge in [0.05, 0.1) is 28.7 Å². The molecule has 1 unspecified atom stereocenters. The summed E-state index contributed by atoms with van der Waals surface area (Å²) < 4.78 is 40.4. The Balaban J connectivity index is 1.90. The molecule has 0 spiro atoms. The van der Waals surface area contributed by atoms with Crippen LogP contribution in [0.15, 0.2) is 30.5 Å². The lowest BCUT2D eigenvalue weighted by Gasteiger charge is -2.12. The highest BCUT2D eigenvalue weighted by Gasteiger charge is 2.34. The Morgan fingerprint density at radius 1 is 1.42 bits per heavy atom. The number of benzene rings is 1. The second-order valence-corrected chi connectivity index (χ2v) is 6.70. The molecule has 0 bridgehead atoms. The Kier molecular flexibility index (Phi) is 5.04. The van der Waals surface area contributed by atoms with E-state index in [1.165, 1.54) is 16.9 Å². The summed E-state index contributed by atoms with van der Waals surface area (Å²) in [6, 6.07) is 4.96. The third-order valence-electron chi connectivity index (χ3n) is 4.32. The molecule has 3 rings (SSSR count). The fraction of sp³-hybridized carbons (Fsp3) is 0.444. The molecule has 1 aliphatic carbocycles. The van der Waals surface area contributed by atoms with Gasteiger partial charge in [-0.2, -0.15) is 18.3 Å². The van der Waals surface area contributed by atoms with Gasteiger partial charge in [-0.15, -0.1) is 0 Å². The van der Waals surface area contributed by atoms with Crippen LogP contribution in [-0.4, -0.2) is 28.3 Å². The number of rotatable bonds is 6. The smallest absolute Gasteiger partial charge is 0.352 e. The summed E-state index contributed by atoms with van der Waals surface area (Å²) in [6.07, 6.45) is -0.570. The number of amides is 1. The Bertz CT molecular complexity index is 794. The van der Waals surface area contributed by atoms with Crippen LogP contribution in [0.3, 0.4) is 0 Å². The maximum absolute atomic E-state index is 13.0. The zero-order valence-corrected chi connectivity index (χ0v) is 14.4. The summed E-state index contributed by atoms with van der Waals surface area (Å²) in [6.45, 7) is 2.29. The van der Waals surface area contributed by atoms with Crippen molar-refractivity contribution in [3.63, 3.8) is 0 Å². The van der Waals surface area contributed by atoms with Gasteiger partial charge in [-0.1, -0.05) is 6.07 Å². The van der Waals surface area contributed by atoms with Crippen molar-refractivity contribution in [2.45, 2.75) is 44.3 Å². The molecule has 0 radical (unpaired) electrons. The molecule has 1 amide bonds. The maximum atomic E-state index is 13.0. The van der Waals surface area contributed by atoms with Gasteiger partial charge in [0.25, 0.3) is 5.91 Å². The van der Waals surface area contributed by atoms with Crippen molar-refractivity contribution in [3.05, 3.63) is 47.3 Å². The zero-order valence-electron chi connectivity index (χ0n) is 14.4. The van der Waals surface area contributed by atoms with Gasteiger partial charge < -0.3 is 11.1 Å². The summed E-state index contributed by atoms with van der Waals surface area (Å²) >= 11 is 0. The van der Waals surface area contributed by atoms with Gasteiger partial charge in [0.15, 0.2) is 0 Å². The average molecular weight is 366 g/mol. The second-order valence-electron chi connectivity index (χ2n) is 6.70. The number of nitrogens with two attached hydrogens (primary N) is 1. The van der Waals surface area contributed by atoms with Crippen molar-refractivity contribution >= 4 is 5.91 Å². The molecule has 140 valence electrons. The monoisotopic (exact) mass is 366 g/mol. The van der Waals surface area contributed by atoms with E-state index in [0.717, 1.165) is 25.0 Å². The van der Waals surface area contributed by atoms with Crippen LogP contribution in [0.25, 0.3) is 5.69 Å². The lowest BCUT2D eigenvalue weighted by Crippen LogP contribution is -2.29. The standard InChI is InChI=1S/C18H21F3N4O/c1-11(22)7-8-23-17(26)15-10-24-25(16(15)12-5-6-12)14-4-2-3-13(9-14)18(19,20)21/h2-4,9-12H,5-8,22H2,1H3,(H,23,26). The Morgan fingerprint density at radius 3 is 2.77 bits per heavy atom. The van der Waals surface area contributed by atoms with Crippen molar-refractivity contribution in [2.24, 2.45) is 5.73 Å². The van der Waals surface area contributed by atoms with Crippen molar-refractivity contribution in [2.75, 3.05) is 6.54 Å². The average Bonchev–Trinajstić information content (AvgIpc) is 3.31. The van der Waals surface area contributed by atoms with E-state index in [1.807, 2.05) is 6.92 Å². The lowest BCUT2D eigenvalue weighted by atomic mass is 10.1. The van der Waals surface area contributed by atoms with Crippen LogP contribution in [0, 0.1) is 0 Å². The number of nitrogens with one attached hydrogen (secondary N) is 1. The summed E-state index contributed by atoms with van der Waals surface area (Å²) in [5.74, 6) is -0.132. The molecule has 26 heavy (non-hydrogen) atoms. The maximum Gasteiger partial charge on any atom is 0.416 e. The van der Waals surface area contributed by atoms with E-state index in [0.29, 0.717) is 29.9 Å². The number of carbonyl (C=O) groups is 1. The summed E-state index contributed by atoms with van der Waals surface area (Å²) in [7, 11) is 0. The summed E-state index contributed by atoms with van der Waals surface area (Å²) in [5.41, 5.74) is 6.32. The highest BCUT2D eigenvalue weighted by molar-refractivity contribution is 5.95. The van der Waals surface area contributed by atoms with Crippen LogP contribution in [0.2, 0.25) is 0 Å². The molecule has 5 nitrogen and oxygen atoms in total. The molecule has 2 aromatic rings. The molecular formula is C18H21F3N4O. The Labute approximate surface area is 149 Å². The molecule has 0 saturated heterocycles. The molecule has 1 aliphatic rings. The quantitative estimate of drug-likeness (QED) is 0.824. The Hall–Kier alpha value is -2.35. The fourth-order valence-corrected chi connectivity index (χ4v) is 2.81. The summed E-state index contributed by atoms with van der Waals surface area (Å²) in [4.78, 5) is 12.5. The molecular weight excluding hydrogens is 345 g/mol. The zero-order chi connectivity index (χ0) is 18.9. The largest absolute Gasteiger partial charge is 0.416 e.